The summed E-state index contributed by atoms with van der Waals surface area (Å²) in [6.07, 6.45) is 0. The van der Waals surface area contributed by atoms with Crippen LogP contribution in [0.25, 0.3) is 0 Å². The van der Waals surface area contributed by atoms with E-state index >= 15 is 0 Å². The van der Waals surface area contributed by atoms with Crippen LogP contribution < -0.4 is 5.32 Å². The number of hydrogen-bond donors (Lipinski definition) is 2. The third-order valence-corrected chi connectivity index (χ3v) is 3.22. The normalized spacial score (nSPS) is 12.6. The van der Waals surface area contributed by atoms with Gasteiger partial charge in [0, 0.05) is 5.56 Å². The van der Waals surface area contributed by atoms with Crippen LogP contribution in [0, 0.1) is 26.7 Å². The molecule has 3 nitrogen and oxygen atoms in total. The number of aryl methyl sites for hydroxylation is 3. The van der Waals surface area contributed by atoms with Gasteiger partial charge in [-0.3, -0.25) is 4.79 Å². The van der Waals surface area contributed by atoms with Crippen LogP contribution in [0.2, 0.25) is 0 Å². The number of nitrogens with one attached hydrogen (secondary N) is 1. The molecule has 1 aromatic rings. The second kappa shape index (κ2) is 6.01. The highest BCUT2D eigenvalue weighted by atomic mass is 16.3. The van der Waals surface area contributed by atoms with E-state index in [0.29, 0.717) is 0 Å². The molecule has 0 aliphatic heterocycles. The third kappa shape index (κ3) is 3.33. The second-order valence-electron chi connectivity index (χ2n) is 5.28. The Morgan fingerprint density at radius 1 is 1.22 bits per heavy atom. The fraction of sp³-hybridized carbons (Fsp3) is 0.533. The summed E-state index contributed by atoms with van der Waals surface area (Å²) in [7, 11) is 0. The summed E-state index contributed by atoms with van der Waals surface area (Å²) in [5, 5.41) is 12.2. The minimum absolute atomic E-state index is 0.0344. The average Bonchev–Trinajstić information content (AvgIpc) is 2.23. The van der Waals surface area contributed by atoms with Crippen molar-refractivity contribution in [1.29, 1.82) is 0 Å². The van der Waals surface area contributed by atoms with Crippen molar-refractivity contribution >= 4 is 5.91 Å². The largest absolute Gasteiger partial charge is 0.394 e. The van der Waals surface area contributed by atoms with Crippen molar-refractivity contribution in [2.45, 2.75) is 40.7 Å². The molecule has 0 bridgehead atoms. The molecule has 1 amide bonds. The van der Waals surface area contributed by atoms with E-state index in [2.05, 4.69) is 5.32 Å². The predicted molar refractivity (Wildman–Crippen MR) is 73.8 cm³/mol. The van der Waals surface area contributed by atoms with Crippen LogP contribution in [0.15, 0.2) is 12.1 Å². The van der Waals surface area contributed by atoms with Gasteiger partial charge in [0.25, 0.3) is 5.91 Å². The molecule has 1 atom stereocenters. The molecule has 0 fully saturated rings. The molecule has 18 heavy (non-hydrogen) atoms. The summed E-state index contributed by atoms with van der Waals surface area (Å²) in [6.45, 7) is 9.84. The maximum absolute atomic E-state index is 12.2. The Hall–Kier alpha value is -1.35. The molecular formula is C15H23NO2. The first-order chi connectivity index (χ1) is 8.36. The highest BCUT2D eigenvalue weighted by Crippen LogP contribution is 2.16. The van der Waals surface area contributed by atoms with E-state index in [-0.39, 0.29) is 24.5 Å². The van der Waals surface area contributed by atoms with E-state index in [0.717, 1.165) is 22.3 Å². The lowest BCUT2D eigenvalue weighted by molar-refractivity contribution is 0.0895. The molecule has 0 saturated carbocycles. The Bertz CT molecular complexity index is 415. The van der Waals surface area contributed by atoms with Crippen molar-refractivity contribution in [2.24, 2.45) is 5.92 Å². The number of rotatable bonds is 4. The molecule has 0 unspecified atom stereocenters. The number of carbonyl (C=O) groups excluding carboxylic acids is 1. The van der Waals surface area contributed by atoms with Crippen molar-refractivity contribution in [1.82, 2.24) is 5.32 Å². The van der Waals surface area contributed by atoms with Crippen molar-refractivity contribution in [3.05, 3.63) is 34.4 Å². The summed E-state index contributed by atoms with van der Waals surface area (Å²) < 4.78 is 0. The molecule has 3 heteroatoms. The maximum atomic E-state index is 12.2. The van der Waals surface area contributed by atoms with Crippen LogP contribution >= 0.6 is 0 Å². The fourth-order valence-electron chi connectivity index (χ4n) is 2.20. The summed E-state index contributed by atoms with van der Waals surface area (Å²) in [4.78, 5) is 12.2. The molecule has 0 aliphatic carbocycles. The van der Waals surface area contributed by atoms with Gasteiger partial charge in [0.1, 0.15) is 0 Å². The lowest BCUT2D eigenvalue weighted by Gasteiger charge is -2.21. The number of aliphatic hydroxyl groups excluding tert-OH is 1. The minimum Gasteiger partial charge on any atom is -0.394 e. The second-order valence-corrected chi connectivity index (χ2v) is 5.28. The Morgan fingerprint density at radius 3 is 2.11 bits per heavy atom. The van der Waals surface area contributed by atoms with E-state index in [1.807, 2.05) is 46.8 Å². The zero-order valence-electron chi connectivity index (χ0n) is 11.9. The van der Waals surface area contributed by atoms with Gasteiger partial charge in [0.2, 0.25) is 0 Å². The molecule has 100 valence electrons. The quantitative estimate of drug-likeness (QED) is 0.860. The average molecular weight is 249 g/mol. The number of aliphatic hydroxyl groups is 1. The van der Waals surface area contributed by atoms with Crippen molar-refractivity contribution in [2.75, 3.05) is 6.61 Å². The molecular weight excluding hydrogens is 226 g/mol. The first-order valence-corrected chi connectivity index (χ1v) is 6.36. The van der Waals surface area contributed by atoms with Crippen molar-refractivity contribution in [3.63, 3.8) is 0 Å². The van der Waals surface area contributed by atoms with E-state index in [1.54, 1.807) is 0 Å². The molecule has 0 aromatic heterocycles. The van der Waals surface area contributed by atoms with Crippen molar-refractivity contribution < 1.29 is 9.90 Å². The van der Waals surface area contributed by atoms with E-state index < -0.39 is 0 Å². The van der Waals surface area contributed by atoms with Crippen LogP contribution in [0.5, 0.6) is 0 Å². The van der Waals surface area contributed by atoms with Crippen LogP contribution in [-0.2, 0) is 0 Å². The molecule has 2 N–H and O–H groups in total. The van der Waals surface area contributed by atoms with Crippen LogP contribution in [0.1, 0.15) is 40.9 Å². The smallest absolute Gasteiger partial charge is 0.252 e. The lowest BCUT2D eigenvalue weighted by atomic mass is 9.98. The molecule has 0 spiro atoms. The monoisotopic (exact) mass is 249 g/mol. The molecule has 0 saturated heterocycles. The van der Waals surface area contributed by atoms with Gasteiger partial charge in [-0.15, -0.1) is 0 Å². The van der Waals surface area contributed by atoms with Gasteiger partial charge in [-0.1, -0.05) is 31.5 Å². The Labute approximate surface area is 109 Å². The Balaban J connectivity index is 2.98. The molecule has 1 rings (SSSR count). The first-order valence-electron chi connectivity index (χ1n) is 6.36. The van der Waals surface area contributed by atoms with E-state index in [9.17, 15) is 9.90 Å². The molecule has 0 aliphatic rings. The standard InChI is InChI=1S/C15H23NO2/c1-9(2)13(8-17)16-15(18)14-11(4)6-10(3)7-12(14)5/h6-7,9,13,17H,8H2,1-5H3,(H,16,18)/t13-/m1/s1. The van der Waals surface area contributed by atoms with Gasteiger partial charge in [0.05, 0.1) is 12.6 Å². The van der Waals surface area contributed by atoms with E-state index in [4.69, 9.17) is 0 Å². The van der Waals surface area contributed by atoms with Crippen LogP contribution in [0.4, 0.5) is 0 Å². The molecule has 0 heterocycles. The number of benzene rings is 1. The van der Waals surface area contributed by atoms with Gasteiger partial charge < -0.3 is 10.4 Å². The molecule has 1 aromatic carbocycles. The third-order valence-electron chi connectivity index (χ3n) is 3.22. The summed E-state index contributed by atoms with van der Waals surface area (Å²) in [6, 6.07) is 3.81. The molecule has 0 radical (unpaired) electrons. The van der Waals surface area contributed by atoms with Gasteiger partial charge in [-0.2, -0.15) is 0 Å². The van der Waals surface area contributed by atoms with Crippen LogP contribution in [-0.4, -0.2) is 23.7 Å². The van der Waals surface area contributed by atoms with Gasteiger partial charge >= 0.3 is 0 Å². The summed E-state index contributed by atoms with van der Waals surface area (Å²) >= 11 is 0. The predicted octanol–water partition coefficient (Wildman–Crippen LogP) is 2.36. The van der Waals surface area contributed by atoms with Crippen molar-refractivity contribution in [3.8, 4) is 0 Å². The van der Waals surface area contributed by atoms with Gasteiger partial charge in [0.15, 0.2) is 0 Å². The highest BCUT2D eigenvalue weighted by molar-refractivity contribution is 5.97. The Morgan fingerprint density at radius 2 is 1.72 bits per heavy atom. The first kappa shape index (κ1) is 14.7. The minimum atomic E-state index is -0.197. The van der Waals surface area contributed by atoms with Crippen LogP contribution in [0.3, 0.4) is 0 Å². The zero-order chi connectivity index (χ0) is 13.9. The zero-order valence-corrected chi connectivity index (χ0v) is 11.9. The Kier molecular flexibility index (Phi) is 4.91. The lowest BCUT2D eigenvalue weighted by Crippen LogP contribution is -2.41. The maximum Gasteiger partial charge on any atom is 0.252 e. The number of carbonyl (C=O) groups is 1. The fourth-order valence-corrected chi connectivity index (χ4v) is 2.20. The number of amides is 1. The number of hydrogen-bond acceptors (Lipinski definition) is 2. The van der Waals surface area contributed by atoms with E-state index in [1.165, 1.54) is 0 Å². The van der Waals surface area contributed by atoms with Gasteiger partial charge in [-0.05, 0) is 37.8 Å². The topological polar surface area (TPSA) is 49.3 Å². The summed E-state index contributed by atoms with van der Waals surface area (Å²) in [5.74, 6) is 0.114. The summed E-state index contributed by atoms with van der Waals surface area (Å²) in [5.41, 5.74) is 3.83. The van der Waals surface area contributed by atoms with Gasteiger partial charge in [-0.25, -0.2) is 0 Å². The SMILES string of the molecule is Cc1cc(C)c(C(=O)N[C@H](CO)C(C)C)c(C)c1. The highest BCUT2D eigenvalue weighted by Gasteiger charge is 2.18.